The number of benzene rings is 2. The number of hydrogen-bond donors (Lipinski definition) is 1. The Morgan fingerprint density at radius 1 is 1.06 bits per heavy atom. The van der Waals surface area contributed by atoms with Crippen LogP contribution in [0.2, 0.25) is 0 Å². The van der Waals surface area contributed by atoms with Crippen molar-refractivity contribution in [1.29, 1.82) is 0 Å². The molecular formula is C14H11BrF2O. The Kier molecular flexibility index (Phi) is 3.50. The molecule has 4 heteroatoms. The minimum atomic E-state index is -1.47. The Labute approximate surface area is 112 Å². The molecule has 2 rings (SSSR count). The van der Waals surface area contributed by atoms with Gasteiger partial charge in [-0.25, -0.2) is 8.78 Å². The Morgan fingerprint density at radius 2 is 1.61 bits per heavy atom. The maximum atomic E-state index is 13.2. The quantitative estimate of drug-likeness (QED) is 0.889. The summed E-state index contributed by atoms with van der Waals surface area (Å²) >= 11 is 3.32. The first-order valence-electron chi connectivity index (χ1n) is 5.35. The number of halogens is 3. The lowest BCUT2D eigenvalue weighted by Gasteiger charge is -2.25. The summed E-state index contributed by atoms with van der Waals surface area (Å²) in [6.07, 6.45) is 0. The van der Waals surface area contributed by atoms with Crippen molar-refractivity contribution in [2.75, 3.05) is 0 Å². The van der Waals surface area contributed by atoms with Crippen LogP contribution < -0.4 is 0 Å². The fourth-order valence-electron chi connectivity index (χ4n) is 1.85. The normalized spacial score (nSPS) is 14.3. The second-order valence-electron chi connectivity index (χ2n) is 4.21. The van der Waals surface area contributed by atoms with Crippen molar-refractivity contribution >= 4 is 15.9 Å². The zero-order chi connectivity index (χ0) is 13.3. The third kappa shape index (κ3) is 2.44. The molecule has 1 nitrogen and oxygen atoms in total. The highest BCUT2D eigenvalue weighted by atomic mass is 79.9. The molecule has 0 aliphatic carbocycles. The Bertz CT molecular complexity index is 562. The summed E-state index contributed by atoms with van der Waals surface area (Å²) in [4.78, 5) is 0. The maximum Gasteiger partial charge on any atom is 0.126 e. The van der Waals surface area contributed by atoms with Crippen LogP contribution in [-0.2, 0) is 5.60 Å². The van der Waals surface area contributed by atoms with Gasteiger partial charge in [0.1, 0.15) is 17.2 Å². The second kappa shape index (κ2) is 4.78. The van der Waals surface area contributed by atoms with Crippen LogP contribution in [0.1, 0.15) is 18.1 Å². The van der Waals surface area contributed by atoms with E-state index in [1.54, 1.807) is 24.3 Å². The third-order valence-electron chi connectivity index (χ3n) is 2.82. The predicted molar refractivity (Wildman–Crippen MR) is 69.2 cm³/mol. The summed E-state index contributed by atoms with van der Waals surface area (Å²) in [6.45, 7) is 1.50. The van der Waals surface area contributed by atoms with E-state index in [0.717, 1.165) is 18.2 Å². The standard InChI is InChI=1S/C14H11BrF2O/c1-14(18,12-4-2-3-5-13(12)15)9-6-10(16)8-11(17)7-9/h2-8,18H,1H3. The third-order valence-corrected chi connectivity index (χ3v) is 3.51. The van der Waals surface area contributed by atoms with E-state index in [9.17, 15) is 13.9 Å². The number of hydrogen-bond acceptors (Lipinski definition) is 1. The van der Waals surface area contributed by atoms with Crippen molar-refractivity contribution in [3.8, 4) is 0 Å². The summed E-state index contributed by atoms with van der Waals surface area (Å²) in [5, 5.41) is 10.5. The van der Waals surface area contributed by atoms with Gasteiger partial charge in [-0.05, 0) is 30.7 Å². The lowest BCUT2D eigenvalue weighted by molar-refractivity contribution is 0.101. The van der Waals surface area contributed by atoms with Crippen LogP contribution in [0.15, 0.2) is 46.9 Å². The molecule has 0 saturated heterocycles. The molecule has 94 valence electrons. The molecule has 0 fully saturated rings. The van der Waals surface area contributed by atoms with Crippen LogP contribution in [0.4, 0.5) is 8.78 Å². The van der Waals surface area contributed by atoms with Crippen LogP contribution in [-0.4, -0.2) is 5.11 Å². The lowest BCUT2D eigenvalue weighted by Crippen LogP contribution is -2.23. The smallest absolute Gasteiger partial charge is 0.126 e. The maximum absolute atomic E-state index is 13.2. The Balaban J connectivity index is 2.57. The molecule has 1 unspecified atom stereocenters. The van der Waals surface area contributed by atoms with Gasteiger partial charge >= 0.3 is 0 Å². The van der Waals surface area contributed by atoms with Crippen molar-refractivity contribution in [2.24, 2.45) is 0 Å². The summed E-state index contributed by atoms with van der Waals surface area (Å²) in [6, 6.07) is 10.1. The average molecular weight is 313 g/mol. The van der Waals surface area contributed by atoms with Gasteiger partial charge in [0.15, 0.2) is 0 Å². The fraction of sp³-hybridized carbons (Fsp3) is 0.143. The first-order valence-corrected chi connectivity index (χ1v) is 6.14. The Morgan fingerprint density at radius 3 is 2.17 bits per heavy atom. The summed E-state index contributed by atoms with van der Waals surface area (Å²) in [5.74, 6) is -1.42. The molecule has 0 aliphatic heterocycles. The predicted octanol–water partition coefficient (Wildman–Crippen LogP) is 3.98. The van der Waals surface area contributed by atoms with Gasteiger partial charge in [-0.2, -0.15) is 0 Å². The molecular weight excluding hydrogens is 302 g/mol. The van der Waals surface area contributed by atoms with E-state index in [2.05, 4.69) is 15.9 Å². The van der Waals surface area contributed by atoms with Crippen molar-refractivity contribution < 1.29 is 13.9 Å². The second-order valence-corrected chi connectivity index (χ2v) is 5.06. The van der Waals surface area contributed by atoms with Crippen molar-refractivity contribution in [3.63, 3.8) is 0 Å². The van der Waals surface area contributed by atoms with Gasteiger partial charge in [0.2, 0.25) is 0 Å². The minimum absolute atomic E-state index is 0.173. The molecule has 1 N–H and O–H groups in total. The van der Waals surface area contributed by atoms with E-state index in [4.69, 9.17) is 0 Å². The molecule has 0 saturated carbocycles. The zero-order valence-corrected chi connectivity index (χ0v) is 11.2. The zero-order valence-electron chi connectivity index (χ0n) is 9.62. The van der Waals surface area contributed by atoms with Gasteiger partial charge in [0.05, 0.1) is 0 Å². The molecule has 0 bridgehead atoms. The molecule has 0 radical (unpaired) electrons. The van der Waals surface area contributed by atoms with Crippen molar-refractivity contribution in [2.45, 2.75) is 12.5 Å². The molecule has 2 aromatic carbocycles. The molecule has 0 spiro atoms. The molecule has 0 aromatic heterocycles. The van der Waals surface area contributed by atoms with E-state index in [1.165, 1.54) is 6.92 Å². The molecule has 2 aromatic rings. The first-order chi connectivity index (χ1) is 8.41. The molecule has 0 aliphatic rings. The summed E-state index contributed by atoms with van der Waals surface area (Å²) in [5.41, 5.74) is -0.745. The average Bonchev–Trinajstić information content (AvgIpc) is 2.28. The molecule has 0 amide bonds. The van der Waals surface area contributed by atoms with E-state index in [0.29, 0.717) is 10.0 Å². The van der Waals surface area contributed by atoms with E-state index < -0.39 is 17.2 Å². The first kappa shape index (κ1) is 13.2. The Hall–Kier alpha value is -1.26. The molecule has 0 heterocycles. The molecule has 18 heavy (non-hydrogen) atoms. The highest BCUT2D eigenvalue weighted by molar-refractivity contribution is 9.10. The van der Waals surface area contributed by atoms with Gasteiger partial charge in [-0.3, -0.25) is 0 Å². The van der Waals surface area contributed by atoms with Gasteiger partial charge in [-0.15, -0.1) is 0 Å². The van der Waals surface area contributed by atoms with Gasteiger partial charge in [0, 0.05) is 16.1 Å². The number of aliphatic hydroxyl groups is 1. The number of rotatable bonds is 2. The fourth-order valence-corrected chi connectivity index (χ4v) is 2.52. The van der Waals surface area contributed by atoms with Crippen LogP contribution in [0.3, 0.4) is 0 Å². The molecule has 1 atom stereocenters. The van der Waals surface area contributed by atoms with Crippen LogP contribution in [0.25, 0.3) is 0 Å². The van der Waals surface area contributed by atoms with E-state index in [-0.39, 0.29) is 5.56 Å². The van der Waals surface area contributed by atoms with Gasteiger partial charge in [0.25, 0.3) is 0 Å². The highest BCUT2D eigenvalue weighted by Crippen LogP contribution is 2.34. The van der Waals surface area contributed by atoms with Gasteiger partial charge in [-0.1, -0.05) is 34.1 Å². The van der Waals surface area contributed by atoms with Crippen LogP contribution in [0, 0.1) is 11.6 Å². The van der Waals surface area contributed by atoms with Crippen molar-refractivity contribution in [3.05, 3.63) is 69.7 Å². The lowest BCUT2D eigenvalue weighted by atomic mass is 9.88. The van der Waals surface area contributed by atoms with Crippen molar-refractivity contribution in [1.82, 2.24) is 0 Å². The summed E-state index contributed by atoms with van der Waals surface area (Å²) in [7, 11) is 0. The largest absolute Gasteiger partial charge is 0.381 e. The van der Waals surface area contributed by atoms with Crippen LogP contribution in [0.5, 0.6) is 0 Å². The SMILES string of the molecule is CC(O)(c1cc(F)cc(F)c1)c1ccccc1Br. The highest BCUT2D eigenvalue weighted by Gasteiger charge is 2.28. The monoisotopic (exact) mass is 312 g/mol. The van der Waals surface area contributed by atoms with Gasteiger partial charge < -0.3 is 5.11 Å². The van der Waals surface area contributed by atoms with E-state index in [1.807, 2.05) is 0 Å². The minimum Gasteiger partial charge on any atom is -0.381 e. The topological polar surface area (TPSA) is 20.2 Å². The van der Waals surface area contributed by atoms with Crippen LogP contribution >= 0.6 is 15.9 Å². The van der Waals surface area contributed by atoms with E-state index >= 15 is 0 Å². The summed E-state index contributed by atoms with van der Waals surface area (Å²) < 4.78 is 27.1.